The lowest BCUT2D eigenvalue weighted by molar-refractivity contribution is 0.448. The quantitative estimate of drug-likeness (QED) is 0.739. The summed E-state index contributed by atoms with van der Waals surface area (Å²) in [6, 6.07) is 9.80. The number of aromatic nitrogens is 1. The summed E-state index contributed by atoms with van der Waals surface area (Å²) in [4.78, 5) is 16.1. The van der Waals surface area contributed by atoms with Crippen LogP contribution in [0.1, 0.15) is 0 Å². The number of aromatic hydroxyl groups is 1. The molecule has 0 fully saturated rings. The zero-order valence-corrected chi connectivity index (χ0v) is 10.4. The summed E-state index contributed by atoms with van der Waals surface area (Å²) < 4.78 is 5.54. The molecule has 0 aliphatic carbocycles. The first kappa shape index (κ1) is 11.7. The molecule has 0 atom stereocenters. The van der Waals surface area contributed by atoms with Crippen LogP contribution in [0, 0.1) is 0 Å². The van der Waals surface area contributed by atoms with Crippen molar-refractivity contribution >= 4 is 22.6 Å². The molecule has 2 aromatic heterocycles. The fourth-order valence-corrected chi connectivity index (χ4v) is 2.00. The van der Waals surface area contributed by atoms with Gasteiger partial charge in [-0.15, -0.1) is 0 Å². The normalized spacial score (nSPS) is 10.8. The van der Waals surface area contributed by atoms with E-state index in [4.69, 9.17) is 16.0 Å². The van der Waals surface area contributed by atoms with Crippen LogP contribution in [0.4, 0.5) is 0 Å². The maximum absolute atomic E-state index is 12.1. The van der Waals surface area contributed by atoms with Crippen molar-refractivity contribution < 1.29 is 9.52 Å². The van der Waals surface area contributed by atoms with Crippen molar-refractivity contribution in [1.29, 1.82) is 0 Å². The number of fused-ring (bicyclic) bond motifs is 1. The van der Waals surface area contributed by atoms with Gasteiger partial charge in [0.25, 0.3) is 0 Å². The van der Waals surface area contributed by atoms with Gasteiger partial charge < -0.3 is 9.52 Å². The van der Waals surface area contributed by atoms with Gasteiger partial charge in [-0.25, -0.2) is 0 Å². The molecule has 19 heavy (non-hydrogen) atoms. The van der Waals surface area contributed by atoms with Crippen molar-refractivity contribution in [1.82, 2.24) is 4.98 Å². The van der Waals surface area contributed by atoms with Gasteiger partial charge in [0, 0.05) is 11.2 Å². The zero-order valence-electron chi connectivity index (χ0n) is 9.63. The van der Waals surface area contributed by atoms with Crippen LogP contribution in [-0.2, 0) is 0 Å². The maximum atomic E-state index is 12.1. The highest BCUT2D eigenvalue weighted by molar-refractivity contribution is 6.31. The van der Waals surface area contributed by atoms with Crippen molar-refractivity contribution in [3.8, 4) is 17.2 Å². The van der Waals surface area contributed by atoms with Crippen molar-refractivity contribution in [3.63, 3.8) is 0 Å². The van der Waals surface area contributed by atoms with Crippen molar-refractivity contribution in [2.45, 2.75) is 0 Å². The molecule has 94 valence electrons. The van der Waals surface area contributed by atoms with E-state index in [2.05, 4.69) is 4.98 Å². The highest BCUT2D eigenvalue weighted by Gasteiger charge is 2.15. The van der Waals surface area contributed by atoms with Gasteiger partial charge in [-0.1, -0.05) is 17.7 Å². The van der Waals surface area contributed by atoms with Gasteiger partial charge in [0.1, 0.15) is 11.3 Å². The van der Waals surface area contributed by atoms with Crippen molar-refractivity contribution in [2.24, 2.45) is 0 Å². The van der Waals surface area contributed by atoms with E-state index in [9.17, 15) is 9.90 Å². The Morgan fingerprint density at radius 3 is 2.79 bits per heavy atom. The van der Waals surface area contributed by atoms with Gasteiger partial charge in [-0.05, 0) is 30.3 Å². The monoisotopic (exact) mass is 273 g/mol. The molecule has 1 aromatic carbocycles. The second-order valence-electron chi connectivity index (χ2n) is 3.96. The summed E-state index contributed by atoms with van der Waals surface area (Å²) in [5.41, 5.74) is 0.228. The Kier molecular flexibility index (Phi) is 2.72. The first-order chi connectivity index (χ1) is 9.16. The van der Waals surface area contributed by atoms with E-state index in [0.717, 1.165) is 0 Å². The molecule has 4 nitrogen and oxygen atoms in total. The number of nitrogens with zero attached hydrogens (tertiary/aromatic N) is 1. The van der Waals surface area contributed by atoms with Crippen LogP contribution < -0.4 is 5.43 Å². The SMILES string of the molecule is O=c1c(O)c(-c2ccccn2)oc2ccc(Cl)cc12. The Morgan fingerprint density at radius 1 is 1.21 bits per heavy atom. The average Bonchev–Trinajstić information content (AvgIpc) is 2.44. The molecule has 2 heterocycles. The van der Waals surface area contributed by atoms with Gasteiger partial charge >= 0.3 is 0 Å². The fourth-order valence-electron chi connectivity index (χ4n) is 1.83. The van der Waals surface area contributed by atoms with Crippen LogP contribution in [-0.4, -0.2) is 10.1 Å². The summed E-state index contributed by atoms with van der Waals surface area (Å²) in [5, 5.41) is 10.6. The highest BCUT2D eigenvalue weighted by Crippen LogP contribution is 2.29. The molecule has 3 rings (SSSR count). The molecule has 0 aliphatic heterocycles. The third-order valence-corrected chi connectivity index (χ3v) is 2.96. The second kappa shape index (κ2) is 4.40. The predicted molar refractivity (Wildman–Crippen MR) is 72.4 cm³/mol. The van der Waals surface area contributed by atoms with E-state index in [1.165, 1.54) is 6.07 Å². The molecule has 0 unspecified atom stereocenters. The minimum atomic E-state index is -0.524. The van der Waals surface area contributed by atoms with E-state index in [1.807, 2.05) is 0 Å². The Hall–Kier alpha value is -2.33. The number of pyridine rings is 1. The van der Waals surface area contributed by atoms with Gasteiger partial charge in [0.05, 0.1) is 5.39 Å². The zero-order chi connectivity index (χ0) is 13.4. The van der Waals surface area contributed by atoms with Gasteiger partial charge in [0.2, 0.25) is 11.2 Å². The lowest BCUT2D eigenvalue weighted by atomic mass is 10.2. The molecule has 0 radical (unpaired) electrons. The van der Waals surface area contributed by atoms with E-state index in [0.29, 0.717) is 16.3 Å². The van der Waals surface area contributed by atoms with Crippen molar-refractivity contribution in [2.75, 3.05) is 0 Å². The third kappa shape index (κ3) is 1.96. The summed E-state index contributed by atoms with van der Waals surface area (Å²) in [6.07, 6.45) is 1.56. The lowest BCUT2D eigenvalue weighted by Crippen LogP contribution is -2.02. The number of hydrogen-bond acceptors (Lipinski definition) is 4. The number of halogens is 1. The topological polar surface area (TPSA) is 63.3 Å². The molecule has 0 spiro atoms. The van der Waals surface area contributed by atoms with Gasteiger partial charge in [-0.3, -0.25) is 9.78 Å². The second-order valence-corrected chi connectivity index (χ2v) is 4.40. The predicted octanol–water partition coefficient (Wildman–Crippen LogP) is 3.21. The minimum absolute atomic E-state index is 0.0559. The van der Waals surface area contributed by atoms with Crippen LogP contribution in [0.15, 0.2) is 51.8 Å². The molecular weight excluding hydrogens is 266 g/mol. The summed E-state index contributed by atoms with van der Waals surface area (Å²) >= 11 is 5.83. The van der Waals surface area contributed by atoms with Crippen LogP contribution >= 0.6 is 11.6 Å². The fraction of sp³-hybridized carbons (Fsp3) is 0. The summed E-state index contributed by atoms with van der Waals surface area (Å²) in [7, 11) is 0. The van der Waals surface area contributed by atoms with Gasteiger partial charge in [0.15, 0.2) is 5.76 Å². The van der Waals surface area contributed by atoms with E-state index in [1.54, 1.807) is 36.5 Å². The first-order valence-corrected chi connectivity index (χ1v) is 5.91. The smallest absolute Gasteiger partial charge is 0.235 e. The summed E-state index contributed by atoms with van der Waals surface area (Å²) in [6.45, 7) is 0. The molecule has 0 saturated carbocycles. The highest BCUT2D eigenvalue weighted by atomic mass is 35.5. The first-order valence-electron chi connectivity index (χ1n) is 5.53. The average molecular weight is 274 g/mol. The van der Waals surface area contributed by atoms with E-state index < -0.39 is 11.2 Å². The Morgan fingerprint density at radius 2 is 2.05 bits per heavy atom. The van der Waals surface area contributed by atoms with Crippen LogP contribution in [0.25, 0.3) is 22.4 Å². The number of rotatable bonds is 1. The van der Waals surface area contributed by atoms with Crippen LogP contribution in [0.3, 0.4) is 0 Å². The molecule has 0 saturated heterocycles. The number of benzene rings is 1. The molecule has 1 N–H and O–H groups in total. The third-order valence-electron chi connectivity index (χ3n) is 2.73. The molecule has 0 amide bonds. The van der Waals surface area contributed by atoms with Gasteiger partial charge in [-0.2, -0.15) is 0 Å². The molecule has 0 aliphatic rings. The van der Waals surface area contributed by atoms with Crippen LogP contribution in [0.2, 0.25) is 5.02 Å². The van der Waals surface area contributed by atoms with Crippen molar-refractivity contribution in [3.05, 3.63) is 57.8 Å². The summed E-state index contributed by atoms with van der Waals surface area (Å²) in [5.74, 6) is -0.408. The molecule has 5 heteroatoms. The van der Waals surface area contributed by atoms with Crippen LogP contribution in [0.5, 0.6) is 5.75 Å². The Balaban J connectivity index is 2.37. The molecular formula is C14H8ClNO3. The maximum Gasteiger partial charge on any atom is 0.235 e. The number of hydrogen-bond donors (Lipinski definition) is 1. The molecule has 3 aromatic rings. The van der Waals surface area contributed by atoms with E-state index >= 15 is 0 Å². The standard InChI is InChI=1S/C14H8ClNO3/c15-8-4-5-11-9(7-8)12(17)13(18)14(19-11)10-3-1-2-6-16-10/h1-7,18H. The largest absolute Gasteiger partial charge is 0.501 e. The molecule has 0 bridgehead atoms. The Bertz CT molecular complexity index is 812. The Labute approximate surface area is 112 Å². The minimum Gasteiger partial charge on any atom is -0.501 e. The lowest BCUT2D eigenvalue weighted by Gasteiger charge is -2.05. The van der Waals surface area contributed by atoms with E-state index in [-0.39, 0.29) is 11.1 Å².